The molecule has 24 heavy (non-hydrogen) atoms. The Morgan fingerprint density at radius 3 is 2.54 bits per heavy atom. The summed E-state index contributed by atoms with van der Waals surface area (Å²) < 4.78 is 5.17. The van der Waals surface area contributed by atoms with Crippen LogP contribution < -0.4 is 16.0 Å². The highest BCUT2D eigenvalue weighted by atomic mass is 35.5. The van der Waals surface area contributed by atoms with E-state index < -0.39 is 0 Å². The van der Waals surface area contributed by atoms with E-state index in [1.54, 1.807) is 7.11 Å². The van der Waals surface area contributed by atoms with Crippen molar-refractivity contribution in [2.24, 2.45) is 5.73 Å². The first-order chi connectivity index (χ1) is 10.7. The Labute approximate surface area is 157 Å². The number of anilines is 2. The zero-order chi connectivity index (χ0) is 15.9. The van der Waals surface area contributed by atoms with Gasteiger partial charge in [-0.1, -0.05) is 25.0 Å². The standard InChI is InChI=1S/C17H27N3O2.2ClH/c1-20(13-7-3-4-8-13)16-10-6-5-9-15(16)19-17(21)11-14(12-18)22-2;;/h5-6,9-10,13-14H,3-4,7-8,11-12,18H2,1-2H3,(H,19,21);2*1H. The number of carbonyl (C=O) groups is 1. The van der Waals surface area contributed by atoms with E-state index in [0.717, 1.165) is 11.4 Å². The molecule has 1 aromatic rings. The molecule has 138 valence electrons. The lowest BCUT2D eigenvalue weighted by atomic mass is 10.1. The molecule has 0 radical (unpaired) electrons. The van der Waals surface area contributed by atoms with Crippen LogP contribution in [0.15, 0.2) is 24.3 Å². The van der Waals surface area contributed by atoms with Crippen LogP contribution in [-0.4, -0.2) is 38.8 Å². The largest absolute Gasteiger partial charge is 0.380 e. The van der Waals surface area contributed by atoms with E-state index >= 15 is 0 Å². The molecule has 0 aromatic heterocycles. The number of methoxy groups -OCH3 is 1. The van der Waals surface area contributed by atoms with Crippen LogP contribution in [0.3, 0.4) is 0 Å². The van der Waals surface area contributed by atoms with Crippen molar-refractivity contribution in [3.05, 3.63) is 24.3 Å². The van der Waals surface area contributed by atoms with Gasteiger partial charge in [0.05, 0.1) is 23.9 Å². The molecule has 0 heterocycles. The molecule has 1 fully saturated rings. The quantitative estimate of drug-likeness (QED) is 0.765. The minimum Gasteiger partial charge on any atom is -0.380 e. The molecule has 0 aliphatic heterocycles. The zero-order valence-corrected chi connectivity index (χ0v) is 16.0. The fraction of sp³-hybridized carbons (Fsp3) is 0.588. The van der Waals surface area contributed by atoms with Crippen molar-refractivity contribution in [3.8, 4) is 0 Å². The Morgan fingerprint density at radius 2 is 1.96 bits per heavy atom. The summed E-state index contributed by atoms with van der Waals surface area (Å²) in [5, 5.41) is 3.00. The molecule has 0 saturated heterocycles. The molecule has 1 amide bonds. The summed E-state index contributed by atoms with van der Waals surface area (Å²) in [6.07, 6.45) is 5.05. The maximum Gasteiger partial charge on any atom is 0.227 e. The van der Waals surface area contributed by atoms with Crippen LogP contribution >= 0.6 is 24.8 Å². The molecule has 1 atom stereocenters. The number of nitrogens with one attached hydrogen (secondary N) is 1. The van der Waals surface area contributed by atoms with Crippen LogP contribution in [0.25, 0.3) is 0 Å². The van der Waals surface area contributed by atoms with Crippen molar-refractivity contribution in [1.29, 1.82) is 0 Å². The van der Waals surface area contributed by atoms with Crippen molar-refractivity contribution in [2.75, 3.05) is 30.9 Å². The van der Waals surface area contributed by atoms with Crippen molar-refractivity contribution in [1.82, 2.24) is 0 Å². The Balaban J connectivity index is 0.00000264. The normalized spacial score (nSPS) is 15.1. The Hall–Kier alpha value is -1.01. The summed E-state index contributed by atoms with van der Waals surface area (Å²) in [6, 6.07) is 8.52. The minimum absolute atomic E-state index is 0. The van der Waals surface area contributed by atoms with E-state index in [1.165, 1.54) is 25.7 Å². The zero-order valence-electron chi connectivity index (χ0n) is 14.4. The third-order valence-electron chi connectivity index (χ3n) is 4.44. The Bertz CT molecular complexity index is 492. The van der Waals surface area contributed by atoms with Crippen LogP contribution in [0.4, 0.5) is 11.4 Å². The van der Waals surface area contributed by atoms with Crippen LogP contribution in [0.5, 0.6) is 0 Å². The van der Waals surface area contributed by atoms with Crippen molar-refractivity contribution in [3.63, 3.8) is 0 Å². The molecule has 0 spiro atoms. The number of nitrogens with zero attached hydrogens (tertiary/aromatic N) is 1. The van der Waals surface area contributed by atoms with E-state index in [1.807, 2.05) is 18.2 Å². The predicted molar refractivity (Wildman–Crippen MR) is 105 cm³/mol. The van der Waals surface area contributed by atoms with Gasteiger partial charge in [-0.15, -0.1) is 24.8 Å². The van der Waals surface area contributed by atoms with Gasteiger partial charge in [-0.2, -0.15) is 0 Å². The Kier molecular flexibility index (Phi) is 11.0. The maximum atomic E-state index is 12.2. The van der Waals surface area contributed by atoms with E-state index in [2.05, 4.69) is 23.3 Å². The summed E-state index contributed by atoms with van der Waals surface area (Å²) in [7, 11) is 3.69. The number of carbonyl (C=O) groups excluding carboxylic acids is 1. The number of nitrogens with two attached hydrogens (primary N) is 1. The maximum absolute atomic E-state index is 12.2. The predicted octanol–water partition coefficient (Wildman–Crippen LogP) is 3.21. The molecule has 7 heteroatoms. The SMILES string of the molecule is COC(CN)CC(=O)Nc1ccccc1N(C)C1CCCC1.Cl.Cl. The second-order valence-corrected chi connectivity index (χ2v) is 5.91. The summed E-state index contributed by atoms with van der Waals surface area (Å²) in [5.41, 5.74) is 7.50. The summed E-state index contributed by atoms with van der Waals surface area (Å²) >= 11 is 0. The van der Waals surface area contributed by atoms with Crippen molar-refractivity contribution in [2.45, 2.75) is 44.2 Å². The molecule has 1 unspecified atom stereocenters. The van der Waals surface area contributed by atoms with Gasteiger partial charge in [-0.25, -0.2) is 0 Å². The molecule has 5 nitrogen and oxygen atoms in total. The lowest BCUT2D eigenvalue weighted by Gasteiger charge is -2.28. The van der Waals surface area contributed by atoms with E-state index in [9.17, 15) is 4.79 Å². The van der Waals surface area contributed by atoms with Gasteiger partial charge in [-0.3, -0.25) is 4.79 Å². The highest BCUT2D eigenvalue weighted by molar-refractivity contribution is 5.94. The average Bonchev–Trinajstić information content (AvgIpc) is 3.07. The highest BCUT2D eigenvalue weighted by Crippen LogP contribution is 2.31. The second kappa shape index (κ2) is 11.5. The van der Waals surface area contributed by atoms with Crippen LogP contribution in [0.2, 0.25) is 0 Å². The number of rotatable bonds is 7. The fourth-order valence-corrected chi connectivity index (χ4v) is 3.05. The number of amides is 1. The second-order valence-electron chi connectivity index (χ2n) is 5.91. The molecular weight excluding hydrogens is 349 g/mol. The summed E-state index contributed by atoms with van der Waals surface area (Å²) in [4.78, 5) is 14.5. The number of ether oxygens (including phenoxy) is 1. The number of benzene rings is 1. The van der Waals surface area contributed by atoms with Gasteiger partial charge in [0.25, 0.3) is 0 Å². The van der Waals surface area contributed by atoms with Crippen LogP contribution in [0.1, 0.15) is 32.1 Å². The molecule has 2 rings (SSSR count). The highest BCUT2D eigenvalue weighted by Gasteiger charge is 2.22. The molecule has 1 saturated carbocycles. The van der Waals surface area contributed by atoms with Gasteiger partial charge in [0.1, 0.15) is 0 Å². The smallest absolute Gasteiger partial charge is 0.227 e. The van der Waals surface area contributed by atoms with Crippen molar-refractivity contribution >= 4 is 42.1 Å². The molecule has 1 aliphatic rings. The van der Waals surface area contributed by atoms with Gasteiger partial charge < -0.3 is 20.7 Å². The monoisotopic (exact) mass is 377 g/mol. The number of para-hydroxylation sites is 2. The van der Waals surface area contributed by atoms with Crippen LogP contribution in [-0.2, 0) is 9.53 Å². The topological polar surface area (TPSA) is 67.6 Å². The molecular formula is C17H29Cl2N3O2. The van der Waals surface area contributed by atoms with E-state index in [0.29, 0.717) is 12.6 Å². The molecule has 1 aliphatic carbocycles. The third kappa shape index (κ3) is 6.13. The lowest BCUT2D eigenvalue weighted by Crippen LogP contribution is -2.31. The first-order valence-corrected chi connectivity index (χ1v) is 8.00. The lowest BCUT2D eigenvalue weighted by molar-refractivity contribution is -0.118. The third-order valence-corrected chi connectivity index (χ3v) is 4.44. The molecule has 0 bridgehead atoms. The molecule has 1 aromatic carbocycles. The minimum atomic E-state index is -0.236. The van der Waals surface area contributed by atoms with Crippen molar-refractivity contribution < 1.29 is 9.53 Å². The van der Waals surface area contributed by atoms with Gasteiger partial charge in [0.15, 0.2) is 0 Å². The first kappa shape index (κ1) is 23.0. The van der Waals surface area contributed by atoms with Gasteiger partial charge in [0, 0.05) is 26.7 Å². The van der Waals surface area contributed by atoms with Gasteiger partial charge >= 0.3 is 0 Å². The first-order valence-electron chi connectivity index (χ1n) is 8.00. The number of hydrogen-bond acceptors (Lipinski definition) is 4. The van der Waals surface area contributed by atoms with Gasteiger partial charge in [0.2, 0.25) is 5.91 Å². The fourth-order valence-electron chi connectivity index (χ4n) is 3.05. The van der Waals surface area contributed by atoms with E-state index in [4.69, 9.17) is 10.5 Å². The molecule has 3 N–H and O–H groups in total. The average molecular weight is 378 g/mol. The van der Waals surface area contributed by atoms with Gasteiger partial charge in [-0.05, 0) is 25.0 Å². The summed E-state index contributed by atoms with van der Waals surface area (Å²) in [5.74, 6) is -0.0652. The van der Waals surface area contributed by atoms with E-state index in [-0.39, 0.29) is 43.2 Å². The number of halogens is 2. The summed E-state index contributed by atoms with van der Waals surface area (Å²) in [6.45, 7) is 0.341. The Morgan fingerprint density at radius 1 is 1.33 bits per heavy atom. The number of hydrogen-bond donors (Lipinski definition) is 2. The van der Waals surface area contributed by atoms with Crippen LogP contribution in [0, 0.1) is 0 Å².